The molecular weight excluding hydrogens is 495 g/mol. The van der Waals surface area contributed by atoms with Crippen molar-refractivity contribution >= 4 is 29.9 Å². The Morgan fingerprint density at radius 3 is 2.48 bits per heavy atom. The van der Waals surface area contributed by atoms with E-state index in [0.717, 1.165) is 37.9 Å². The molecule has 0 aliphatic carbocycles. The maximum atomic E-state index is 12.5. The lowest BCUT2D eigenvalue weighted by Gasteiger charge is -2.18. The lowest BCUT2D eigenvalue weighted by atomic mass is 10.0. The van der Waals surface area contributed by atoms with Crippen LogP contribution in [0.2, 0.25) is 0 Å². The molecule has 0 bridgehead atoms. The standard InChI is InChI=1S/C20H33F2N3O3.HI/c1-4-7-15(10-11-26)13-24-20(23-5-2)25-14-16-8-9-17(28-19(21)22)18(12-16)27-6-3;/h8-9,12,15,19,26H,4-7,10-11,13-14H2,1-3H3,(H2,23,24,25);1H. The van der Waals surface area contributed by atoms with Gasteiger partial charge in [-0.2, -0.15) is 8.78 Å². The molecule has 6 nitrogen and oxygen atoms in total. The highest BCUT2D eigenvalue weighted by Crippen LogP contribution is 2.30. The van der Waals surface area contributed by atoms with Gasteiger partial charge in [0.05, 0.1) is 13.2 Å². The summed E-state index contributed by atoms with van der Waals surface area (Å²) in [5, 5.41) is 15.7. The molecule has 0 heterocycles. The summed E-state index contributed by atoms with van der Waals surface area (Å²) in [6.45, 7) is 5.32. The van der Waals surface area contributed by atoms with Crippen molar-refractivity contribution in [2.45, 2.75) is 53.2 Å². The quantitative estimate of drug-likeness (QED) is 0.203. The molecule has 9 heteroatoms. The van der Waals surface area contributed by atoms with Crippen LogP contribution in [0.25, 0.3) is 0 Å². The van der Waals surface area contributed by atoms with E-state index in [9.17, 15) is 13.9 Å². The molecule has 1 aromatic rings. The number of benzene rings is 1. The summed E-state index contributed by atoms with van der Waals surface area (Å²) >= 11 is 0. The van der Waals surface area contributed by atoms with Gasteiger partial charge in [0.2, 0.25) is 0 Å². The monoisotopic (exact) mass is 529 g/mol. The molecule has 0 radical (unpaired) electrons. The molecule has 1 atom stereocenters. The normalized spacial score (nSPS) is 12.3. The van der Waals surface area contributed by atoms with Crippen LogP contribution < -0.4 is 20.1 Å². The second kappa shape index (κ2) is 16.4. The van der Waals surface area contributed by atoms with Gasteiger partial charge in [-0.25, -0.2) is 4.99 Å². The third-order valence-electron chi connectivity index (χ3n) is 4.08. The summed E-state index contributed by atoms with van der Waals surface area (Å²) in [5.41, 5.74) is 0.822. The number of halogens is 3. The first kappa shape index (κ1) is 27.6. The van der Waals surface area contributed by atoms with E-state index in [1.54, 1.807) is 19.1 Å². The molecule has 0 aliphatic heterocycles. The summed E-state index contributed by atoms with van der Waals surface area (Å²) in [7, 11) is 0. The van der Waals surface area contributed by atoms with Crippen molar-refractivity contribution in [3.63, 3.8) is 0 Å². The highest BCUT2D eigenvalue weighted by Gasteiger charge is 2.12. The van der Waals surface area contributed by atoms with Gasteiger partial charge in [0.1, 0.15) is 0 Å². The number of aliphatic hydroxyl groups is 1. The zero-order valence-corrected chi connectivity index (χ0v) is 19.7. The van der Waals surface area contributed by atoms with E-state index in [2.05, 4.69) is 27.3 Å². The SMILES string of the molecule is CCCC(CCO)CNC(=NCc1ccc(OC(F)F)c(OCC)c1)NCC.I. The Kier molecular flexibility index (Phi) is 15.7. The van der Waals surface area contributed by atoms with E-state index >= 15 is 0 Å². The number of alkyl halides is 2. The molecule has 0 fully saturated rings. The fourth-order valence-corrected chi connectivity index (χ4v) is 2.80. The maximum absolute atomic E-state index is 12.5. The van der Waals surface area contributed by atoms with Crippen LogP contribution in [0.3, 0.4) is 0 Å². The van der Waals surface area contributed by atoms with E-state index in [-0.39, 0.29) is 42.1 Å². The van der Waals surface area contributed by atoms with Gasteiger partial charge in [-0.1, -0.05) is 19.4 Å². The minimum absolute atomic E-state index is 0. The number of nitrogens with zero attached hydrogens (tertiary/aromatic N) is 1. The first-order valence-electron chi connectivity index (χ1n) is 9.87. The Bertz CT molecular complexity index is 586. The molecule has 1 aromatic carbocycles. The van der Waals surface area contributed by atoms with Crippen LogP contribution >= 0.6 is 24.0 Å². The average molecular weight is 529 g/mol. The molecule has 29 heavy (non-hydrogen) atoms. The molecule has 0 spiro atoms. The Balaban J connectivity index is 0.00000784. The van der Waals surface area contributed by atoms with E-state index in [0.29, 0.717) is 25.0 Å². The van der Waals surface area contributed by atoms with E-state index in [1.807, 2.05) is 6.92 Å². The Morgan fingerprint density at radius 1 is 1.14 bits per heavy atom. The molecule has 0 amide bonds. The summed E-state index contributed by atoms with van der Waals surface area (Å²) in [6, 6.07) is 4.83. The van der Waals surface area contributed by atoms with E-state index in [1.165, 1.54) is 6.07 Å². The summed E-state index contributed by atoms with van der Waals surface area (Å²) in [6.07, 6.45) is 2.85. The van der Waals surface area contributed by atoms with Crippen LogP contribution in [0.15, 0.2) is 23.2 Å². The lowest BCUT2D eigenvalue weighted by molar-refractivity contribution is -0.0514. The number of hydrogen-bond donors (Lipinski definition) is 3. The van der Waals surface area contributed by atoms with Crippen molar-refractivity contribution in [3.05, 3.63) is 23.8 Å². The highest BCUT2D eigenvalue weighted by atomic mass is 127. The maximum Gasteiger partial charge on any atom is 0.387 e. The minimum atomic E-state index is -2.90. The van der Waals surface area contributed by atoms with Crippen LogP contribution in [0.4, 0.5) is 8.78 Å². The van der Waals surface area contributed by atoms with Gasteiger partial charge in [0, 0.05) is 19.7 Å². The van der Waals surface area contributed by atoms with E-state index in [4.69, 9.17) is 4.74 Å². The van der Waals surface area contributed by atoms with Crippen molar-refractivity contribution in [3.8, 4) is 11.5 Å². The molecule has 0 saturated carbocycles. The molecule has 1 unspecified atom stereocenters. The van der Waals surface area contributed by atoms with Crippen molar-refractivity contribution in [2.75, 3.05) is 26.3 Å². The van der Waals surface area contributed by atoms with Crippen molar-refractivity contribution in [1.82, 2.24) is 10.6 Å². The average Bonchev–Trinajstić information content (AvgIpc) is 2.66. The Hall–Kier alpha value is -1.36. The van der Waals surface area contributed by atoms with Crippen molar-refractivity contribution in [2.24, 2.45) is 10.9 Å². The lowest BCUT2D eigenvalue weighted by Crippen LogP contribution is -2.40. The largest absolute Gasteiger partial charge is 0.490 e. The zero-order chi connectivity index (χ0) is 20.8. The fraction of sp³-hybridized carbons (Fsp3) is 0.650. The second-order valence-corrected chi connectivity index (χ2v) is 6.34. The van der Waals surface area contributed by atoms with Crippen molar-refractivity contribution < 1.29 is 23.4 Å². The van der Waals surface area contributed by atoms with Gasteiger partial charge in [0.15, 0.2) is 17.5 Å². The predicted octanol–water partition coefficient (Wildman–Crippen LogP) is 4.16. The number of ether oxygens (including phenoxy) is 2. The van der Waals surface area contributed by atoms with Crippen LogP contribution in [0.5, 0.6) is 11.5 Å². The number of hydrogen-bond acceptors (Lipinski definition) is 4. The van der Waals surface area contributed by atoms with Crippen LogP contribution in [0.1, 0.15) is 45.6 Å². The van der Waals surface area contributed by atoms with Gasteiger partial charge < -0.3 is 25.2 Å². The molecule has 0 aromatic heterocycles. The highest BCUT2D eigenvalue weighted by molar-refractivity contribution is 14.0. The molecule has 0 saturated heterocycles. The smallest absolute Gasteiger partial charge is 0.387 e. The molecular formula is C20H34F2IN3O3. The minimum Gasteiger partial charge on any atom is -0.490 e. The molecule has 3 N–H and O–H groups in total. The number of rotatable bonds is 13. The van der Waals surface area contributed by atoms with Crippen LogP contribution in [0, 0.1) is 5.92 Å². The number of aliphatic imine (C=N–C) groups is 1. The Morgan fingerprint density at radius 2 is 1.90 bits per heavy atom. The topological polar surface area (TPSA) is 75.1 Å². The van der Waals surface area contributed by atoms with Gasteiger partial charge in [0.25, 0.3) is 0 Å². The predicted molar refractivity (Wildman–Crippen MR) is 123 cm³/mol. The molecule has 1 rings (SSSR count). The fourth-order valence-electron chi connectivity index (χ4n) is 2.80. The third-order valence-corrected chi connectivity index (χ3v) is 4.08. The summed E-state index contributed by atoms with van der Waals surface area (Å²) in [4.78, 5) is 4.56. The zero-order valence-electron chi connectivity index (χ0n) is 17.4. The first-order valence-corrected chi connectivity index (χ1v) is 9.87. The number of aliphatic hydroxyl groups excluding tert-OH is 1. The first-order chi connectivity index (χ1) is 13.5. The summed E-state index contributed by atoms with van der Waals surface area (Å²) < 4.78 is 34.9. The second-order valence-electron chi connectivity index (χ2n) is 6.34. The third kappa shape index (κ3) is 11.4. The molecule has 168 valence electrons. The number of nitrogens with one attached hydrogen (secondary N) is 2. The van der Waals surface area contributed by atoms with Crippen molar-refractivity contribution in [1.29, 1.82) is 0 Å². The van der Waals surface area contributed by atoms with Gasteiger partial charge in [-0.05, 0) is 50.3 Å². The van der Waals surface area contributed by atoms with Crippen LogP contribution in [-0.4, -0.2) is 44.0 Å². The summed E-state index contributed by atoms with van der Waals surface area (Å²) in [5.74, 6) is 1.35. The van der Waals surface area contributed by atoms with E-state index < -0.39 is 6.61 Å². The van der Waals surface area contributed by atoms with Gasteiger partial charge in [-0.15, -0.1) is 24.0 Å². The molecule has 0 aliphatic rings. The Labute approximate surface area is 189 Å². The number of guanidine groups is 1. The van der Waals surface area contributed by atoms with Crippen LogP contribution in [-0.2, 0) is 6.54 Å². The van der Waals surface area contributed by atoms with Gasteiger partial charge in [-0.3, -0.25) is 0 Å². The van der Waals surface area contributed by atoms with Gasteiger partial charge >= 0.3 is 6.61 Å².